The van der Waals surface area contributed by atoms with Crippen LogP contribution in [0.3, 0.4) is 0 Å². The molecule has 0 heterocycles. The van der Waals surface area contributed by atoms with Gasteiger partial charge in [0.2, 0.25) is 5.91 Å². The predicted molar refractivity (Wildman–Crippen MR) is 96.6 cm³/mol. The zero-order chi connectivity index (χ0) is 16.5. The van der Waals surface area contributed by atoms with Gasteiger partial charge in [-0.1, -0.05) is 56.5 Å². The van der Waals surface area contributed by atoms with Crippen LogP contribution in [0.15, 0.2) is 30.3 Å². The molecule has 1 unspecified atom stereocenters. The summed E-state index contributed by atoms with van der Waals surface area (Å²) in [5.41, 5.74) is 1.24. The van der Waals surface area contributed by atoms with Crippen molar-refractivity contribution in [2.24, 2.45) is 0 Å². The van der Waals surface area contributed by atoms with Gasteiger partial charge < -0.3 is 10.2 Å². The van der Waals surface area contributed by atoms with E-state index in [2.05, 4.69) is 36.3 Å². The van der Waals surface area contributed by atoms with E-state index >= 15 is 0 Å². The van der Waals surface area contributed by atoms with Crippen LogP contribution < -0.4 is 5.32 Å². The molecule has 2 rings (SSSR count). The van der Waals surface area contributed by atoms with Crippen LogP contribution in [0.5, 0.6) is 0 Å². The van der Waals surface area contributed by atoms with Crippen LogP contribution in [0.2, 0.25) is 0 Å². The second-order valence-electron chi connectivity index (χ2n) is 6.99. The Hall–Kier alpha value is -1.35. The Morgan fingerprint density at radius 3 is 2.61 bits per heavy atom. The number of nitrogens with zero attached hydrogens (tertiary/aromatic N) is 1. The maximum absolute atomic E-state index is 12.0. The number of hydrogen-bond donors (Lipinski definition) is 1. The van der Waals surface area contributed by atoms with Crippen molar-refractivity contribution >= 4 is 5.91 Å². The lowest BCUT2D eigenvalue weighted by molar-refractivity contribution is -0.121. The molecule has 0 bridgehead atoms. The Bertz CT molecular complexity index is 454. The highest BCUT2D eigenvalue weighted by atomic mass is 16.1. The van der Waals surface area contributed by atoms with Crippen LogP contribution >= 0.6 is 0 Å². The van der Waals surface area contributed by atoms with Crippen molar-refractivity contribution in [3.63, 3.8) is 0 Å². The summed E-state index contributed by atoms with van der Waals surface area (Å²) in [5, 5.41) is 3.08. The molecule has 0 radical (unpaired) electrons. The second kappa shape index (κ2) is 9.71. The van der Waals surface area contributed by atoms with Crippen molar-refractivity contribution in [2.75, 3.05) is 20.1 Å². The number of rotatable bonds is 8. The van der Waals surface area contributed by atoms with Crippen molar-refractivity contribution in [1.29, 1.82) is 0 Å². The van der Waals surface area contributed by atoms with E-state index in [1.54, 1.807) is 0 Å². The maximum Gasteiger partial charge on any atom is 0.220 e. The fourth-order valence-electron chi connectivity index (χ4n) is 3.51. The zero-order valence-electron chi connectivity index (χ0n) is 14.8. The summed E-state index contributed by atoms with van der Waals surface area (Å²) in [6.07, 6.45) is 8.46. The lowest BCUT2D eigenvalue weighted by Gasteiger charge is -2.31. The summed E-state index contributed by atoms with van der Waals surface area (Å²) in [5.74, 6) is 0.447. The molecule has 1 atom stereocenters. The largest absolute Gasteiger partial charge is 0.356 e. The Morgan fingerprint density at radius 2 is 1.91 bits per heavy atom. The highest BCUT2D eigenvalue weighted by Crippen LogP contribution is 2.21. The molecule has 0 spiro atoms. The SMILES string of the molecule is CC(CC(=O)NCCCN(C)C1CCCCC1)c1ccccc1. The van der Waals surface area contributed by atoms with Gasteiger partial charge in [-0.2, -0.15) is 0 Å². The van der Waals surface area contributed by atoms with Crippen LogP contribution in [-0.2, 0) is 4.79 Å². The maximum atomic E-state index is 12.0. The molecule has 3 nitrogen and oxygen atoms in total. The minimum atomic E-state index is 0.168. The third kappa shape index (κ3) is 6.34. The summed E-state index contributed by atoms with van der Waals surface area (Å²) in [6.45, 7) is 3.99. The molecule has 1 aromatic rings. The standard InChI is InChI=1S/C20H32N2O/c1-17(18-10-5-3-6-11-18)16-20(23)21-14-9-15-22(2)19-12-7-4-8-13-19/h3,5-6,10-11,17,19H,4,7-9,12-16H2,1-2H3,(H,21,23). The summed E-state index contributed by atoms with van der Waals surface area (Å²) < 4.78 is 0. The Balaban J connectivity index is 1.59. The van der Waals surface area contributed by atoms with Gasteiger partial charge in [0.1, 0.15) is 0 Å². The lowest BCUT2D eigenvalue weighted by Crippen LogP contribution is -2.36. The first-order chi connectivity index (χ1) is 11.2. The number of carbonyl (C=O) groups excluding carboxylic acids is 1. The summed E-state index contributed by atoms with van der Waals surface area (Å²) in [6, 6.07) is 11.0. The Kier molecular flexibility index (Phi) is 7.60. The van der Waals surface area contributed by atoms with Gasteiger partial charge in [-0.3, -0.25) is 4.79 Å². The van der Waals surface area contributed by atoms with Crippen LogP contribution in [0, 0.1) is 0 Å². The van der Waals surface area contributed by atoms with Gasteiger partial charge in [0.05, 0.1) is 0 Å². The molecule has 23 heavy (non-hydrogen) atoms. The fraction of sp³-hybridized carbons (Fsp3) is 0.650. The van der Waals surface area contributed by atoms with Crippen molar-refractivity contribution < 1.29 is 4.79 Å². The Morgan fingerprint density at radius 1 is 1.22 bits per heavy atom. The first-order valence-corrected chi connectivity index (χ1v) is 9.18. The number of benzene rings is 1. The van der Waals surface area contributed by atoms with E-state index < -0.39 is 0 Å². The highest BCUT2D eigenvalue weighted by molar-refractivity contribution is 5.76. The number of carbonyl (C=O) groups is 1. The molecular formula is C20H32N2O. The quantitative estimate of drug-likeness (QED) is 0.737. The molecular weight excluding hydrogens is 284 g/mol. The molecule has 0 saturated heterocycles. The lowest BCUT2D eigenvalue weighted by atomic mass is 9.94. The fourth-order valence-corrected chi connectivity index (χ4v) is 3.51. The summed E-state index contributed by atoms with van der Waals surface area (Å²) >= 11 is 0. The molecule has 1 aliphatic carbocycles. The van der Waals surface area contributed by atoms with E-state index in [4.69, 9.17) is 0 Å². The third-order valence-corrected chi connectivity index (χ3v) is 5.07. The monoisotopic (exact) mass is 316 g/mol. The Labute approximate surface area is 141 Å². The molecule has 0 aromatic heterocycles. The number of nitrogens with one attached hydrogen (secondary N) is 1. The van der Waals surface area contributed by atoms with Gasteiger partial charge in [-0.15, -0.1) is 0 Å². The van der Waals surface area contributed by atoms with Gasteiger partial charge in [0.15, 0.2) is 0 Å². The van der Waals surface area contributed by atoms with E-state index in [-0.39, 0.29) is 11.8 Å². The van der Waals surface area contributed by atoms with Gasteiger partial charge in [0, 0.05) is 19.0 Å². The molecule has 1 aromatic carbocycles. The zero-order valence-corrected chi connectivity index (χ0v) is 14.8. The molecule has 128 valence electrons. The second-order valence-corrected chi connectivity index (χ2v) is 6.99. The number of hydrogen-bond acceptors (Lipinski definition) is 2. The molecule has 1 aliphatic rings. The van der Waals surface area contributed by atoms with Gasteiger partial charge in [-0.05, 0) is 44.3 Å². The van der Waals surface area contributed by atoms with E-state index in [0.29, 0.717) is 6.42 Å². The van der Waals surface area contributed by atoms with E-state index in [1.807, 2.05) is 18.2 Å². The summed E-state index contributed by atoms with van der Waals surface area (Å²) in [4.78, 5) is 14.5. The average Bonchev–Trinajstić information content (AvgIpc) is 2.60. The molecule has 0 aliphatic heterocycles. The van der Waals surface area contributed by atoms with E-state index in [1.165, 1.54) is 37.7 Å². The van der Waals surface area contributed by atoms with Crippen molar-refractivity contribution in [3.05, 3.63) is 35.9 Å². The van der Waals surface area contributed by atoms with Crippen LogP contribution in [0.25, 0.3) is 0 Å². The van der Waals surface area contributed by atoms with Gasteiger partial charge in [-0.25, -0.2) is 0 Å². The van der Waals surface area contributed by atoms with Gasteiger partial charge in [0.25, 0.3) is 0 Å². The average molecular weight is 316 g/mol. The molecule has 1 fully saturated rings. The summed E-state index contributed by atoms with van der Waals surface area (Å²) in [7, 11) is 2.23. The van der Waals surface area contributed by atoms with Crippen molar-refractivity contribution in [3.8, 4) is 0 Å². The normalized spacial score (nSPS) is 17.2. The predicted octanol–water partition coefficient (Wildman–Crippen LogP) is 3.95. The molecule has 1 N–H and O–H groups in total. The minimum absolute atomic E-state index is 0.168. The van der Waals surface area contributed by atoms with E-state index in [0.717, 1.165) is 25.6 Å². The van der Waals surface area contributed by atoms with E-state index in [9.17, 15) is 4.79 Å². The van der Waals surface area contributed by atoms with Crippen LogP contribution in [0.4, 0.5) is 0 Å². The smallest absolute Gasteiger partial charge is 0.220 e. The first kappa shape index (κ1) is 18.0. The number of amides is 1. The molecule has 1 saturated carbocycles. The van der Waals surface area contributed by atoms with Crippen LogP contribution in [-0.4, -0.2) is 37.0 Å². The van der Waals surface area contributed by atoms with Gasteiger partial charge >= 0.3 is 0 Å². The third-order valence-electron chi connectivity index (χ3n) is 5.07. The van der Waals surface area contributed by atoms with Crippen molar-refractivity contribution in [1.82, 2.24) is 10.2 Å². The first-order valence-electron chi connectivity index (χ1n) is 9.18. The molecule has 3 heteroatoms. The highest BCUT2D eigenvalue weighted by Gasteiger charge is 2.17. The topological polar surface area (TPSA) is 32.3 Å². The molecule has 1 amide bonds. The van der Waals surface area contributed by atoms with Crippen molar-refractivity contribution in [2.45, 2.75) is 63.8 Å². The minimum Gasteiger partial charge on any atom is -0.356 e. The van der Waals surface area contributed by atoms with Crippen LogP contribution in [0.1, 0.15) is 63.4 Å².